The Morgan fingerprint density at radius 3 is 2.72 bits per heavy atom. The Morgan fingerprint density at radius 1 is 1.33 bits per heavy atom. The van der Waals surface area contributed by atoms with Gasteiger partial charge in [-0.1, -0.05) is 24.3 Å². The molecule has 1 aromatic heterocycles. The number of carboxylic acid groups (broad SMARTS) is 1. The third-order valence-corrected chi connectivity index (χ3v) is 2.53. The minimum atomic E-state index is -0.926. The zero-order chi connectivity index (χ0) is 13.1. The summed E-state index contributed by atoms with van der Waals surface area (Å²) in [6.45, 7) is 1.49. The lowest BCUT2D eigenvalue weighted by Gasteiger charge is -2.03. The lowest BCUT2D eigenvalue weighted by Crippen LogP contribution is -2.00. The fraction of sp³-hybridized carbons (Fsp3) is 0.154. The number of carbonyl (C=O) groups excluding carboxylic acids is 1. The summed E-state index contributed by atoms with van der Waals surface area (Å²) in [5.41, 5.74) is 1.76. The van der Waals surface area contributed by atoms with Crippen LogP contribution in [0, 0.1) is 0 Å². The molecule has 18 heavy (non-hydrogen) atoms. The van der Waals surface area contributed by atoms with Crippen molar-refractivity contribution in [1.82, 2.24) is 9.97 Å². The molecule has 0 saturated heterocycles. The predicted octanol–water partition coefficient (Wildman–Crippen LogP) is 1.91. The van der Waals surface area contributed by atoms with Gasteiger partial charge < -0.3 is 10.1 Å². The molecule has 0 spiro atoms. The number of imidazole rings is 1. The largest absolute Gasteiger partial charge is 0.481 e. The van der Waals surface area contributed by atoms with Crippen LogP contribution < -0.4 is 0 Å². The smallest absolute Gasteiger partial charge is 0.309 e. The third-order valence-electron chi connectivity index (χ3n) is 2.53. The summed E-state index contributed by atoms with van der Waals surface area (Å²) in [6.07, 6.45) is 1.36. The first kappa shape index (κ1) is 12.0. The van der Waals surface area contributed by atoms with Crippen LogP contribution in [0.15, 0.2) is 30.5 Å². The topological polar surface area (TPSA) is 83.1 Å². The predicted molar refractivity (Wildman–Crippen MR) is 65.4 cm³/mol. The summed E-state index contributed by atoms with van der Waals surface area (Å²) < 4.78 is 0. The van der Waals surface area contributed by atoms with Crippen molar-refractivity contribution >= 4 is 11.8 Å². The van der Waals surface area contributed by atoms with E-state index in [4.69, 9.17) is 5.11 Å². The average molecular weight is 244 g/mol. The van der Waals surface area contributed by atoms with Crippen molar-refractivity contribution < 1.29 is 14.7 Å². The number of Topliss-reactive ketones (excluding diaryl/α,β-unsaturated/α-hetero) is 1. The van der Waals surface area contributed by atoms with Crippen LogP contribution in [-0.4, -0.2) is 26.8 Å². The van der Waals surface area contributed by atoms with Gasteiger partial charge in [-0.3, -0.25) is 9.59 Å². The molecule has 5 heteroatoms. The van der Waals surface area contributed by atoms with Crippen LogP contribution in [0.3, 0.4) is 0 Å². The van der Waals surface area contributed by atoms with Crippen LogP contribution in [0.5, 0.6) is 0 Å². The van der Waals surface area contributed by atoms with E-state index in [1.54, 1.807) is 24.3 Å². The zero-order valence-corrected chi connectivity index (χ0v) is 9.80. The molecule has 1 heterocycles. The SMILES string of the molecule is CC(=O)c1ccccc1-c1ncc(CC(=O)O)[nH]1. The summed E-state index contributed by atoms with van der Waals surface area (Å²) in [6, 6.07) is 7.08. The van der Waals surface area contributed by atoms with Crippen LogP contribution in [0.1, 0.15) is 23.0 Å². The number of benzene rings is 1. The second-order valence-electron chi connectivity index (χ2n) is 3.93. The fourth-order valence-electron chi connectivity index (χ4n) is 1.75. The molecule has 0 amide bonds. The van der Waals surface area contributed by atoms with Gasteiger partial charge in [-0.25, -0.2) is 4.98 Å². The number of ketones is 1. The first-order valence-corrected chi connectivity index (χ1v) is 5.44. The molecule has 2 N–H and O–H groups in total. The average Bonchev–Trinajstić information content (AvgIpc) is 2.76. The first-order chi connectivity index (χ1) is 8.58. The van der Waals surface area contributed by atoms with Crippen molar-refractivity contribution in [2.24, 2.45) is 0 Å². The van der Waals surface area contributed by atoms with Crippen molar-refractivity contribution in [3.8, 4) is 11.4 Å². The third kappa shape index (κ3) is 2.45. The molecule has 5 nitrogen and oxygen atoms in total. The van der Waals surface area contributed by atoms with E-state index in [2.05, 4.69) is 9.97 Å². The maximum Gasteiger partial charge on any atom is 0.309 e. The van der Waals surface area contributed by atoms with E-state index in [9.17, 15) is 9.59 Å². The van der Waals surface area contributed by atoms with E-state index < -0.39 is 5.97 Å². The van der Waals surface area contributed by atoms with Gasteiger partial charge in [0.1, 0.15) is 5.82 Å². The zero-order valence-electron chi connectivity index (χ0n) is 9.80. The number of nitrogens with one attached hydrogen (secondary N) is 1. The molecular formula is C13H12N2O3. The summed E-state index contributed by atoms with van der Waals surface area (Å²) in [7, 11) is 0. The first-order valence-electron chi connectivity index (χ1n) is 5.44. The summed E-state index contributed by atoms with van der Waals surface area (Å²) in [4.78, 5) is 29.1. The molecule has 2 rings (SSSR count). The molecule has 0 saturated carbocycles. The van der Waals surface area contributed by atoms with Gasteiger partial charge in [0, 0.05) is 23.0 Å². The number of hydrogen-bond acceptors (Lipinski definition) is 3. The van der Waals surface area contributed by atoms with Crippen molar-refractivity contribution in [3.63, 3.8) is 0 Å². The number of rotatable bonds is 4. The standard InChI is InChI=1S/C13H12N2O3/c1-8(16)10-4-2-3-5-11(10)13-14-7-9(15-13)6-12(17)18/h2-5,7H,6H2,1H3,(H,14,15)(H,17,18). The molecule has 0 radical (unpaired) electrons. The lowest BCUT2D eigenvalue weighted by atomic mass is 10.0. The van der Waals surface area contributed by atoms with Gasteiger partial charge >= 0.3 is 5.97 Å². The van der Waals surface area contributed by atoms with E-state index in [1.165, 1.54) is 13.1 Å². The quantitative estimate of drug-likeness (QED) is 0.805. The Hall–Kier alpha value is -2.43. The number of aliphatic carboxylic acids is 1. The fourth-order valence-corrected chi connectivity index (χ4v) is 1.75. The summed E-state index contributed by atoms with van der Waals surface area (Å²) >= 11 is 0. The highest BCUT2D eigenvalue weighted by molar-refractivity contribution is 6.00. The van der Waals surface area contributed by atoms with Crippen LogP contribution >= 0.6 is 0 Å². The summed E-state index contributed by atoms with van der Waals surface area (Å²) in [5.74, 6) is -0.469. The Bertz CT molecular complexity index is 602. The molecule has 0 aliphatic heterocycles. The van der Waals surface area contributed by atoms with E-state index in [0.717, 1.165) is 0 Å². The van der Waals surface area contributed by atoms with E-state index in [1.807, 2.05) is 0 Å². The minimum absolute atomic E-state index is 0.0539. The molecule has 2 aromatic rings. The van der Waals surface area contributed by atoms with E-state index in [0.29, 0.717) is 22.6 Å². The molecule has 1 aromatic carbocycles. The number of carboxylic acids is 1. The van der Waals surface area contributed by atoms with Crippen molar-refractivity contribution in [1.29, 1.82) is 0 Å². The van der Waals surface area contributed by atoms with Gasteiger partial charge in [-0.2, -0.15) is 0 Å². The lowest BCUT2D eigenvalue weighted by molar-refractivity contribution is -0.136. The highest BCUT2D eigenvalue weighted by Gasteiger charge is 2.12. The molecule has 0 unspecified atom stereocenters. The number of carbonyl (C=O) groups is 2. The Balaban J connectivity index is 2.40. The van der Waals surface area contributed by atoms with Crippen LogP contribution in [0.25, 0.3) is 11.4 Å². The minimum Gasteiger partial charge on any atom is -0.481 e. The maximum absolute atomic E-state index is 11.5. The molecule has 0 atom stereocenters. The molecule has 0 fully saturated rings. The van der Waals surface area contributed by atoms with Gasteiger partial charge in [0.05, 0.1) is 6.42 Å². The number of hydrogen-bond donors (Lipinski definition) is 2. The summed E-state index contributed by atoms with van der Waals surface area (Å²) in [5, 5.41) is 8.69. The monoisotopic (exact) mass is 244 g/mol. The second-order valence-corrected chi connectivity index (χ2v) is 3.93. The normalized spacial score (nSPS) is 10.3. The van der Waals surface area contributed by atoms with Gasteiger partial charge in [0.25, 0.3) is 0 Å². The van der Waals surface area contributed by atoms with Crippen molar-refractivity contribution in [2.45, 2.75) is 13.3 Å². The Kier molecular flexibility index (Phi) is 3.23. The molecule has 0 bridgehead atoms. The van der Waals surface area contributed by atoms with E-state index in [-0.39, 0.29) is 12.2 Å². The van der Waals surface area contributed by atoms with Crippen LogP contribution in [0.2, 0.25) is 0 Å². The molecule has 0 aliphatic carbocycles. The van der Waals surface area contributed by atoms with Gasteiger partial charge in [-0.05, 0) is 6.92 Å². The molecule has 0 aliphatic rings. The van der Waals surface area contributed by atoms with E-state index >= 15 is 0 Å². The van der Waals surface area contributed by atoms with Crippen LogP contribution in [-0.2, 0) is 11.2 Å². The van der Waals surface area contributed by atoms with Crippen molar-refractivity contribution in [2.75, 3.05) is 0 Å². The Labute approximate surface area is 103 Å². The number of nitrogens with zero attached hydrogens (tertiary/aromatic N) is 1. The second kappa shape index (κ2) is 4.83. The van der Waals surface area contributed by atoms with Crippen molar-refractivity contribution in [3.05, 3.63) is 41.7 Å². The highest BCUT2D eigenvalue weighted by Crippen LogP contribution is 2.21. The maximum atomic E-state index is 11.5. The van der Waals surface area contributed by atoms with Gasteiger partial charge in [0.2, 0.25) is 0 Å². The molecular weight excluding hydrogens is 232 g/mol. The molecule has 92 valence electrons. The highest BCUT2D eigenvalue weighted by atomic mass is 16.4. The van der Waals surface area contributed by atoms with Gasteiger partial charge in [-0.15, -0.1) is 0 Å². The number of H-pyrrole nitrogens is 1. The van der Waals surface area contributed by atoms with Gasteiger partial charge in [0.15, 0.2) is 5.78 Å². The van der Waals surface area contributed by atoms with Crippen LogP contribution in [0.4, 0.5) is 0 Å². The number of aromatic amines is 1. The Morgan fingerprint density at radius 2 is 2.06 bits per heavy atom. The number of aromatic nitrogens is 2.